The second-order valence-corrected chi connectivity index (χ2v) is 10.3. The molecule has 1 aromatic carbocycles. The summed E-state index contributed by atoms with van der Waals surface area (Å²) in [6, 6.07) is 10.4. The van der Waals surface area contributed by atoms with Gasteiger partial charge in [0.15, 0.2) is 11.7 Å². The third-order valence-electron chi connectivity index (χ3n) is 7.29. The van der Waals surface area contributed by atoms with E-state index in [0.29, 0.717) is 17.4 Å². The number of piperazine rings is 1. The quantitative estimate of drug-likeness (QED) is 0.278. The Morgan fingerprint density at radius 1 is 1.26 bits per heavy atom. The summed E-state index contributed by atoms with van der Waals surface area (Å²) in [7, 11) is 0. The molecule has 2 aliphatic rings. The van der Waals surface area contributed by atoms with Gasteiger partial charge in [0, 0.05) is 62.1 Å². The summed E-state index contributed by atoms with van der Waals surface area (Å²) < 4.78 is 11.1. The normalized spacial score (nSPS) is 20.8. The van der Waals surface area contributed by atoms with Crippen LogP contribution in [-0.4, -0.2) is 76.2 Å². The van der Waals surface area contributed by atoms with Crippen molar-refractivity contribution in [3.05, 3.63) is 65.2 Å². The number of pyridine rings is 1. The first-order valence-electron chi connectivity index (χ1n) is 13.5. The number of aromatic amines is 1. The Hall–Kier alpha value is -3.82. The fourth-order valence-corrected chi connectivity index (χ4v) is 5.09. The molecule has 2 saturated heterocycles. The minimum Gasteiger partial charge on any atom is -0.465 e. The van der Waals surface area contributed by atoms with Gasteiger partial charge in [0.25, 0.3) is 0 Å². The van der Waals surface area contributed by atoms with E-state index in [9.17, 15) is 9.59 Å². The summed E-state index contributed by atoms with van der Waals surface area (Å²) in [6.07, 6.45) is 5.06. The fourth-order valence-electron chi connectivity index (χ4n) is 5.09. The van der Waals surface area contributed by atoms with Gasteiger partial charge in [0.2, 0.25) is 11.7 Å². The zero-order valence-corrected chi connectivity index (χ0v) is 22.9. The molecule has 1 N–H and O–H groups in total. The number of allylic oxidation sites excluding steroid dienone is 1. The van der Waals surface area contributed by atoms with Crippen LogP contribution < -0.4 is 0 Å². The van der Waals surface area contributed by atoms with Crippen LogP contribution in [0.25, 0.3) is 17.1 Å². The van der Waals surface area contributed by atoms with Gasteiger partial charge in [-0.15, -0.1) is 0 Å². The minimum atomic E-state index is -1.24. The number of aromatic nitrogens is 2. The average Bonchev–Trinajstić information content (AvgIpc) is 3.46. The number of fused-ring (bicyclic) bond motifs is 1. The second-order valence-electron chi connectivity index (χ2n) is 10.3. The molecule has 4 heterocycles. The monoisotopic (exact) mass is 529 g/mol. The van der Waals surface area contributed by atoms with Crippen molar-refractivity contribution in [3.8, 4) is 0 Å². The van der Waals surface area contributed by atoms with Gasteiger partial charge in [0.05, 0.1) is 12.3 Å². The fraction of sp³-hybridized carbons (Fsp3) is 0.400. The molecule has 2 aromatic heterocycles. The third kappa shape index (κ3) is 5.79. The van der Waals surface area contributed by atoms with Crippen LogP contribution in [0.5, 0.6) is 0 Å². The van der Waals surface area contributed by atoms with E-state index in [1.165, 1.54) is 5.56 Å². The van der Waals surface area contributed by atoms with Crippen LogP contribution in [0.15, 0.2) is 53.5 Å². The molecule has 0 amide bonds. The number of aryl methyl sites for hydroxylation is 1. The molecule has 2 fully saturated rings. The summed E-state index contributed by atoms with van der Waals surface area (Å²) in [4.78, 5) is 43.1. The number of ketones is 1. The number of carbonyl (C=O) groups is 2. The number of hydrogen-bond donors (Lipinski definition) is 1. The van der Waals surface area contributed by atoms with E-state index in [1.54, 1.807) is 25.4 Å². The third-order valence-corrected chi connectivity index (χ3v) is 7.29. The molecule has 0 saturated carbocycles. The molecular weight excluding hydrogens is 494 g/mol. The molecule has 3 aromatic rings. The number of H-pyrrole nitrogens is 1. The molecule has 0 aliphatic carbocycles. The van der Waals surface area contributed by atoms with Crippen LogP contribution in [0.3, 0.4) is 0 Å². The molecule has 9 heteroatoms. The van der Waals surface area contributed by atoms with Crippen molar-refractivity contribution in [3.63, 3.8) is 0 Å². The maximum absolute atomic E-state index is 13.3. The molecule has 0 radical (unpaired) electrons. The Kier molecular flexibility index (Phi) is 7.90. The number of rotatable bonds is 7. The first kappa shape index (κ1) is 26.8. The summed E-state index contributed by atoms with van der Waals surface area (Å²) in [5.74, 6) is -2.30. The van der Waals surface area contributed by atoms with E-state index >= 15 is 0 Å². The molecule has 1 unspecified atom stereocenters. The molecule has 204 valence electrons. The molecule has 2 aliphatic heterocycles. The Morgan fingerprint density at radius 3 is 2.77 bits per heavy atom. The van der Waals surface area contributed by atoms with Crippen LogP contribution in [0.1, 0.15) is 37.5 Å². The standard InChI is InChI=1S/C30H35N5O4/c1-5-38-30(37)26-27(36)25(16-22-17-32-28-23(22)7-6-10-31-28)39-29(26)33-24-9-8-21(15-20(24)4)18-34-11-13-35(14-12-34)19(2)3/h6-10,15-17,19,26H,5,11-14,18H2,1-4H3,(H,31,32)/b25-16-,33-29?. The Labute approximate surface area is 228 Å². The van der Waals surface area contributed by atoms with E-state index in [4.69, 9.17) is 9.47 Å². The number of benzene rings is 1. The predicted octanol–water partition coefficient (Wildman–Crippen LogP) is 4.25. The van der Waals surface area contributed by atoms with E-state index < -0.39 is 17.7 Å². The van der Waals surface area contributed by atoms with Crippen molar-refractivity contribution >= 4 is 40.4 Å². The highest BCUT2D eigenvalue weighted by Crippen LogP contribution is 2.30. The van der Waals surface area contributed by atoms with Gasteiger partial charge in [-0.1, -0.05) is 12.1 Å². The van der Waals surface area contributed by atoms with Crippen LogP contribution in [-0.2, 0) is 25.6 Å². The molecule has 39 heavy (non-hydrogen) atoms. The van der Waals surface area contributed by atoms with E-state index in [-0.39, 0.29) is 18.3 Å². The van der Waals surface area contributed by atoms with Crippen LogP contribution in [0.2, 0.25) is 0 Å². The minimum absolute atomic E-state index is 0.0309. The Morgan fingerprint density at radius 2 is 2.05 bits per heavy atom. The summed E-state index contributed by atoms with van der Waals surface area (Å²) in [6.45, 7) is 13.4. The second kappa shape index (κ2) is 11.5. The molecule has 5 rings (SSSR count). The van der Waals surface area contributed by atoms with Gasteiger partial charge >= 0.3 is 5.97 Å². The van der Waals surface area contributed by atoms with Gasteiger partial charge in [0.1, 0.15) is 5.65 Å². The van der Waals surface area contributed by atoms with Crippen molar-refractivity contribution in [1.29, 1.82) is 0 Å². The molecule has 1 atom stereocenters. The van der Waals surface area contributed by atoms with Gasteiger partial charge in [-0.25, -0.2) is 9.98 Å². The van der Waals surface area contributed by atoms with E-state index in [1.807, 2.05) is 31.2 Å². The maximum Gasteiger partial charge on any atom is 0.326 e. The predicted molar refractivity (Wildman–Crippen MR) is 151 cm³/mol. The number of aliphatic imine (C=N–C) groups is 1. The first-order valence-corrected chi connectivity index (χ1v) is 13.5. The highest BCUT2D eigenvalue weighted by atomic mass is 16.5. The van der Waals surface area contributed by atoms with Crippen molar-refractivity contribution < 1.29 is 19.1 Å². The average molecular weight is 530 g/mol. The Bertz CT molecular complexity index is 1430. The summed E-state index contributed by atoms with van der Waals surface area (Å²) in [5.41, 5.74) is 4.23. The van der Waals surface area contributed by atoms with E-state index in [2.05, 4.69) is 44.7 Å². The molecule has 0 bridgehead atoms. The smallest absolute Gasteiger partial charge is 0.326 e. The number of carbonyl (C=O) groups excluding carboxylic acids is 2. The van der Waals surface area contributed by atoms with Gasteiger partial charge in [-0.2, -0.15) is 0 Å². The van der Waals surface area contributed by atoms with E-state index in [0.717, 1.165) is 49.2 Å². The summed E-state index contributed by atoms with van der Waals surface area (Å²) in [5, 5.41) is 0.844. The highest BCUT2D eigenvalue weighted by molar-refractivity contribution is 6.27. The highest BCUT2D eigenvalue weighted by Gasteiger charge is 2.44. The lowest BCUT2D eigenvalue weighted by Crippen LogP contribution is -2.48. The van der Waals surface area contributed by atoms with Crippen molar-refractivity contribution in [2.24, 2.45) is 10.9 Å². The van der Waals surface area contributed by atoms with Crippen molar-refractivity contribution in [2.75, 3.05) is 32.8 Å². The molecule has 0 spiro atoms. The number of nitrogens with one attached hydrogen (secondary N) is 1. The van der Waals surface area contributed by atoms with Gasteiger partial charge in [-0.3, -0.25) is 19.4 Å². The van der Waals surface area contributed by atoms with Crippen molar-refractivity contribution in [1.82, 2.24) is 19.8 Å². The zero-order valence-electron chi connectivity index (χ0n) is 22.9. The first-order chi connectivity index (χ1) is 18.8. The Balaban J connectivity index is 1.38. The maximum atomic E-state index is 13.3. The number of esters is 1. The number of hydrogen-bond acceptors (Lipinski definition) is 8. The SMILES string of the molecule is CCOC(=O)C1C(=O)/C(=C/c2c[nH]c3ncccc23)OC1=Nc1ccc(CN2CCN(C(C)C)CC2)cc1C. The number of Topliss-reactive ketones (excluding diaryl/α,β-unsaturated/α-hetero) is 1. The molecule has 9 nitrogen and oxygen atoms in total. The lowest BCUT2D eigenvalue weighted by molar-refractivity contribution is -0.147. The van der Waals surface area contributed by atoms with Crippen LogP contribution in [0.4, 0.5) is 5.69 Å². The van der Waals surface area contributed by atoms with Gasteiger partial charge < -0.3 is 14.5 Å². The van der Waals surface area contributed by atoms with Crippen LogP contribution in [0, 0.1) is 12.8 Å². The zero-order chi connectivity index (χ0) is 27.5. The lowest BCUT2D eigenvalue weighted by Gasteiger charge is -2.37. The number of ether oxygens (including phenoxy) is 2. The number of nitrogens with zero attached hydrogens (tertiary/aromatic N) is 4. The van der Waals surface area contributed by atoms with Gasteiger partial charge in [-0.05, 0) is 63.1 Å². The molecular formula is C30H35N5O4. The topological polar surface area (TPSA) is 100 Å². The van der Waals surface area contributed by atoms with Crippen molar-refractivity contribution in [2.45, 2.75) is 40.3 Å². The lowest BCUT2D eigenvalue weighted by atomic mass is 10.0. The largest absolute Gasteiger partial charge is 0.465 e. The van der Waals surface area contributed by atoms with Crippen LogP contribution >= 0.6 is 0 Å². The summed E-state index contributed by atoms with van der Waals surface area (Å²) >= 11 is 0.